The summed E-state index contributed by atoms with van der Waals surface area (Å²) in [5.74, 6) is 0.341. The third-order valence-electron chi connectivity index (χ3n) is 2.21. The maximum absolute atomic E-state index is 11.3. The minimum Gasteiger partial charge on any atom is -0.427 e. The number of ether oxygens (including phenoxy) is 1. The van der Waals surface area contributed by atoms with Crippen LogP contribution in [0.1, 0.15) is 19.8 Å². The Hall–Kier alpha value is -2.17. The molecule has 2 rings (SSSR count). The topological polar surface area (TPSA) is 57.0 Å². The molecular weight excluding hydrogens is 218 g/mol. The van der Waals surface area contributed by atoms with Crippen molar-refractivity contribution in [3.63, 3.8) is 0 Å². The maximum Gasteiger partial charge on any atom is 0.311 e. The molecule has 0 unspecified atom stereocenters. The number of carbonyl (C=O) groups excluding carboxylic acids is 1. The van der Waals surface area contributed by atoms with Crippen molar-refractivity contribution in [3.05, 3.63) is 36.7 Å². The molecule has 88 valence electrons. The number of esters is 1. The van der Waals surface area contributed by atoms with E-state index in [9.17, 15) is 4.79 Å². The predicted octanol–water partition coefficient (Wildman–Crippen LogP) is 1.97. The monoisotopic (exact) mass is 231 g/mol. The molecule has 5 nitrogen and oxygen atoms in total. The van der Waals surface area contributed by atoms with Gasteiger partial charge in [0, 0.05) is 6.42 Å². The van der Waals surface area contributed by atoms with Crippen molar-refractivity contribution >= 4 is 5.97 Å². The number of carbonyl (C=O) groups is 1. The molecular formula is C12H13N3O2. The van der Waals surface area contributed by atoms with Gasteiger partial charge in [-0.1, -0.05) is 12.1 Å². The van der Waals surface area contributed by atoms with Crippen molar-refractivity contribution in [1.29, 1.82) is 0 Å². The largest absolute Gasteiger partial charge is 0.427 e. The van der Waals surface area contributed by atoms with E-state index in [1.54, 1.807) is 29.2 Å². The van der Waals surface area contributed by atoms with Crippen LogP contribution in [0.2, 0.25) is 0 Å². The standard InChI is InChI=1S/C12H13N3O2/c1-2-3-12(16)17-11-6-4-10(5-7-11)15-9-8-13-14-15/h4-9H,2-3H2,1H3. The predicted molar refractivity (Wildman–Crippen MR) is 61.9 cm³/mol. The highest BCUT2D eigenvalue weighted by Gasteiger charge is 2.03. The fourth-order valence-electron chi connectivity index (χ4n) is 1.40. The van der Waals surface area contributed by atoms with Gasteiger partial charge >= 0.3 is 5.97 Å². The van der Waals surface area contributed by atoms with E-state index in [2.05, 4.69) is 10.3 Å². The van der Waals surface area contributed by atoms with E-state index in [0.29, 0.717) is 12.2 Å². The van der Waals surface area contributed by atoms with Crippen LogP contribution in [-0.4, -0.2) is 21.0 Å². The first-order chi connectivity index (χ1) is 8.29. The molecule has 0 N–H and O–H groups in total. The number of hydrogen-bond acceptors (Lipinski definition) is 4. The molecule has 0 spiro atoms. The van der Waals surface area contributed by atoms with Gasteiger partial charge in [-0.15, -0.1) is 5.10 Å². The maximum atomic E-state index is 11.3. The van der Waals surface area contributed by atoms with Crippen LogP contribution < -0.4 is 4.74 Å². The molecule has 0 fully saturated rings. The number of nitrogens with zero attached hydrogens (tertiary/aromatic N) is 3. The zero-order valence-electron chi connectivity index (χ0n) is 9.54. The summed E-state index contributed by atoms with van der Waals surface area (Å²) in [7, 11) is 0. The third-order valence-corrected chi connectivity index (χ3v) is 2.21. The molecule has 1 aromatic heterocycles. The lowest BCUT2D eigenvalue weighted by molar-refractivity contribution is -0.134. The van der Waals surface area contributed by atoms with Crippen molar-refractivity contribution in [3.8, 4) is 11.4 Å². The summed E-state index contributed by atoms with van der Waals surface area (Å²) in [6.07, 6.45) is 4.58. The molecule has 0 atom stereocenters. The molecule has 0 amide bonds. The molecule has 0 aliphatic heterocycles. The van der Waals surface area contributed by atoms with Gasteiger partial charge in [0.15, 0.2) is 0 Å². The summed E-state index contributed by atoms with van der Waals surface area (Å²) in [6, 6.07) is 7.13. The Bertz CT molecular complexity index is 477. The van der Waals surface area contributed by atoms with E-state index in [0.717, 1.165) is 12.1 Å². The normalized spacial score (nSPS) is 10.2. The molecule has 5 heteroatoms. The summed E-state index contributed by atoms with van der Waals surface area (Å²) in [5.41, 5.74) is 0.873. The number of rotatable bonds is 4. The third kappa shape index (κ3) is 2.90. The van der Waals surface area contributed by atoms with Gasteiger partial charge in [-0.2, -0.15) is 0 Å². The van der Waals surface area contributed by atoms with E-state index in [4.69, 9.17) is 4.74 Å². The highest BCUT2D eigenvalue weighted by atomic mass is 16.5. The Morgan fingerprint density at radius 1 is 1.35 bits per heavy atom. The SMILES string of the molecule is CCCC(=O)Oc1ccc(-n2ccnn2)cc1. The second-order valence-corrected chi connectivity index (χ2v) is 3.57. The van der Waals surface area contributed by atoms with Crippen molar-refractivity contribution in [2.75, 3.05) is 0 Å². The van der Waals surface area contributed by atoms with Crippen LogP contribution in [0.25, 0.3) is 5.69 Å². The quantitative estimate of drug-likeness (QED) is 0.596. The second-order valence-electron chi connectivity index (χ2n) is 3.57. The van der Waals surface area contributed by atoms with Crippen molar-refractivity contribution in [1.82, 2.24) is 15.0 Å². The minimum absolute atomic E-state index is 0.207. The van der Waals surface area contributed by atoms with Crippen molar-refractivity contribution in [2.24, 2.45) is 0 Å². The first-order valence-electron chi connectivity index (χ1n) is 5.47. The van der Waals surface area contributed by atoms with Gasteiger partial charge in [0.1, 0.15) is 5.75 Å². The number of benzene rings is 1. The van der Waals surface area contributed by atoms with Crippen LogP contribution in [-0.2, 0) is 4.79 Å². The number of hydrogen-bond donors (Lipinski definition) is 0. The summed E-state index contributed by atoms with van der Waals surface area (Å²) in [4.78, 5) is 11.3. The fraction of sp³-hybridized carbons (Fsp3) is 0.250. The van der Waals surface area contributed by atoms with Crippen molar-refractivity contribution in [2.45, 2.75) is 19.8 Å². The van der Waals surface area contributed by atoms with Gasteiger partial charge in [0.2, 0.25) is 0 Å². The molecule has 0 aliphatic carbocycles. The van der Waals surface area contributed by atoms with Gasteiger partial charge in [0.25, 0.3) is 0 Å². The highest BCUT2D eigenvalue weighted by Crippen LogP contribution is 2.15. The Morgan fingerprint density at radius 2 is 2.12 bits per heavy atom. The first-order valence-corrected chi connectivity index (χ1v) is 5.47. The first kappa shape index (κ1) is 11.3. The molecule has 0 aliphatic rings. The average molecular weight is 231 g/mol. The van der Waals surface area contributed by atoms with Crippen LogP contribution >= 0.6 is 0 Å². The summed E-state index contributed by atoms with van der Waals surface area (Å²) < 4.78 is 6.78. The Labute approximate surface area is 99.0 Å². The van der Waals surface area contributed by atoms with E-state index >= 15 is 0 Å². The number of aromatic nitrogens is 3. The summed E-state index contributed by atoms with van der Waals surface area (Å²) in [5, 5.41) is 7.59. The van der Waals surface area contributed by atoms with Crippen LogP contribution in [0.5, 0.6) is 5.75 Å². The van der Waals surface area contributed by atoms with Crippen LogP contribution in [0, 0.1) is 0 Å². The summed E-state index contributed by atoms with van der Waals surface area (Å²) >= 11 is 0. The molecule has 17 heavy (non-hydrogen) atoms. The van der Waals surface area contributed by atoms with E-state index < -0.39 is 0 Å². The Kier molecular flexibility index (Phi) is 3.49. The summed E-state index contributed by atoms with van der Waals surface area (Å²) in [6.45, 7) is 1.94. The highest BCUT2D eigenvalue weighted by molar-refractivity contribution is 5.72. The van der Waals surface area contributed by atoms with E-state index in [1.165, 1.54) is 0 Å². The molecule has 2 aromatic rings. The molecule has 0 radical (unpaired) electrons. The van der Waals surface area contributed by atoms with Crippen LogP contribution in [0.3, 0.4) is 0 Å². The fourth-order valence-corrected chi connectivity index (χ4v) is 1.40. The Morgan fingerprint density at radius 3 is 2.71 bits per heavy atom. The zero-order chi connectivity index (χ0) is 12.1. The lowest BCUT2D eigenvalue weighted by Crippen LogP contribution is -2.06. The molecule has 0 bridgehead atoms. The van der Waals surface area contributed by atoms with Gasteiger partial charge < -0.3 is 4.74 Å². The molecule has 0 saturated heterocycles. The smallest absolute Gasteiger partial charge is 0.311 e. The van der Waals surface area contributed by atoms with E-state index in [1.807, 2.05) is 19.1 Å². The van der Waals surface area contributed by atoms with Crippen LogP contribution in [0.4, 0.5) is 0 Å². The lowest BCUT2D eigenvalue weighted by Gasteiger charge is -2.04. The zero-order valence-corrected chi connectivity index (χ0v) is 9.54. The minimum atomic E-state index is -0.207. The van der Waals surface area contributed by atoms with E-state index in [-0.39, 0.29) is 5.97 Å². The molecule has 1 aromatic carbocycles. The molecule has 0 saturated carbocycles. The van der Waals surface area contributed by atoms with Gasteiger partial charge in [-0.05, 0) is 30.7 Å². The Balaban J connectivity index is 2.06. The second kappa shape index (κ2) is 5.25. The average Bonchev–Trinajstić information content (AvgIpc) is 2.84. The van der Waals surface area contributed by atoms with Gasteiger partial charge in [-0.25, -0.2) is 4.68 Å². The van der Waals surface area contributed by atoms with Crippen LogP contribution in [0.15, 0.2) is 36.7 Å². The molecule has 1 heterocycles. The van der Waals surface area contributed by atoms with Gasteiger partial charge in [0.05, 0.1) is 18.1 Å². The van der Waals surface area contributed by atoms with Crippen molar-refractivity contribution < 1.29 is 9.53 Å². The lowest BCUT2D eigenvalue weighted by atomic mass is 10.3. The van der Waals surface area contributed by atoms with Gasteiger partial charge in [-0.3, -0.25) is 4.79 Å².